The number of aliphatic carboxylic acids is 1. The van der Waals surface area contributed by atoms with Crippen molar-refractivity contribution in [2.24, 2.45) is 0 Å². The molecule has 0 saturated carbocycles. The second-order valence-corrected chi connectivity index (χ2v) is 19.7. The van der Waals surface area contributed by atoms with Crippen LogP contribution in [0.25, 0.3) is 17.1 Å². The number of amides is 4. The number of aromatic amines is 1. The molecule has 2 heterocycles. The largest absolute Gasteiger partial charge is 0.494 e. The number of hydrogen-bond acceptors (Lipinski definition) is 12. The van der Waals surface area contributed by atoms with Gasteiger partial charge in [0, 0.05) is 32.5 Å². The standard InChI is InChI=1S/C54H67N7O12/c1-34(62)56-40(30-45(63)64)50(68)60-42(32-47(66)73-54(5,6)7)51(69)59-41(31-46(65)72-53(2,3)4)49(67)55-25-16-8-9-17-26-71-38-24-18-21-36(27-38)29-43-52(70)61-33-44(37-22-14-11-15-23-37)57-39(48(61)58-43)28-35-19-12-10-13-20-35/h10-15,18-24,27,33,40-42,57H,8-9,16-17,25-26,28-32H2,1-7H3,(H,55,67)(H,56,62)(H,59,69)(H,60,68)(H,63,64). The number of unbranched alkanes of at least 4 members (excludes halogenated alkanes) is 3. The Hall–Kier alpha value is -7.83. The molecular weight excluding hydrogens is 939 g/mol. The Bertz CT molecular complexity index is 2710. The quantitative estimate of drug-likeness (QED) is 0.0320. The van der Waals surface area contributed by atoms with Gasteiger partial charge in [-0.15, -0.1) is 0 Å². The average Bonchev–Trinajstić information content (AvgIpc) is 3.62. The number of H-pyrrole nitrogens is 1. The molecule has 19 heteroatoms. The fourth-order valence-corrected chi connectivity index (χ4v) is 7.72. The summed E-state index contributed by atoms with van der Waals surface area (Å²) in [6.07, 6.45) is 3.16. The van der Waals surface area contributed by atoms with E-state index in [0.717, 1.165) is 41.4 Å². The molecule has 3 unspecified atom stereocenters. The normalized spacial score (nSPS) is 12.7. The molecule has 0 radical (unpaired) electrons. The number of carbonyl (C=O) groups is 7. The third-order valence-corrected chi connectivity index (χ3v) is 10.9. The number of imidazole rings is 1. The van der Waals surface area contributed by atoms with Gasteiger partial charge in [-0.3, -0.25) is 42.9 Å². The first-order valence-corrected chi connectivity index (χ1v) is 24.3. The van der Waals surface area contributed by atoms with Crippen LogP contribution in [0.2, 0.25) is 0 Å². The zero-order chi connectivity index (χ0) is 53.3. The lowest BCUT2D eigenvalue weighted by atomic mass is 10.1. The molecule has 5 rings (SSSR count). The SMILES string of the molecule is CC(=O)NC(CC(=O)O)C(=O)NC(CC(=O)OC(C)(C)C)C(=O)NC(CC(=O)OC(C)(C)C)C(=O)NCCCCCCOc1cccc(Cc2nc3c(Cc4ccccc4)[nH]c(-c4ccccc4)cn-3c2=O)c1. The highest BCUT2D eigenvalue weighted by molar-refractivity contribution is 5.97. The van der Waals surface area contributed by atoms with Gasteiger partial charge in [-0.2, -0.15) is 0 Å². The Morgan fingerprint density at radius 1 is 0.671 bits per heavy atom. The number of hydrogen-bond donors (Lipinski definition) is 6. The molecule has 0 aliphatic carbocycles. The highest BCUT2D eigenvalue weighted by Gasteiger charge is 2.34. The Morgan fingerprint density at radius 2 is 1.23 bits per heavy atom. The number of benzene rings is 3. The number of nitrogens with one attached hydrogen (secondary N) is 5. The van der Waals surface area contributed by atoms with Crippen LogP contribution >= 0.6 is 0 Å². The Kier molecular flexibility index (Phi) is 20.0. The second kappa shape index (κ2) is 26.0. The molecule has 0 bridgehead atoms. The fourth-order valence-electron chi connectivity index (χ4n) is 7.72. The van der Waals surface area contributed by atoms with E-state index in [4.69, 9.17) is 19.2 Å². The minimum atomic E-state index is -1.71. The number of esters is 2. The van der Waals surface area contributed by atoms with Crippen molar-refractivity contribution in [3.05, 3.63) is 124 Å². The van der Waals surface area contributed by atoms with E-state index in [-0.39, 0.29) is 12.1 Å². The zero-order valence-electron chi connectivity index (χ0n) is 42.5. The average molecular weight is 1010 g/mol. The van der Waals surface area contributed by atoms with Crippen LogP contribution in [0, 0.1) is 0 Å². The van der Waals surface area contributed by atoms with Crippen LogP contribution in [-0.4, -0.2) is 104 Å². The third-order valence-electron chi connectivity index (χ3n) is 10.9. The van der Waals surface area contributed by atoms with Gasteiger partial charge in [-0.05, 0) is 83.2 Å². The molecule has 3 aromatic rings. The van der Waals surface area contributed by atoms with Crippen molar-refractivity contribution in [2.45, 2.75) is 136 Å². The molecule has 3 atom stereocenters. The number of fused-ring (bicyclic) bond motifs is 1. The van der Waals surface area contributed by atoms with Crippen LogP contribution in [0.15, 0.2) is 95.9 Å². The van der Waals surface area contributed by atoms with Crippen molar-refractivity contribution in [2.75, 3.05) is 13.2 Å². The van der Waals surface area contributed by atoms with Gasteiger partial charge in [-0.25, -0.2) is 4.98 Å². The van der Waals surface area contributed by atoms with Crippen LogP contribution in [-0.2, 0) is 55.9 Å². The van der Waals surface area contributed by atoms with Crippen LogP contribution in [0.5, 0.6) is 5.75 Å². The number of ether oxygens (including phenoxy) is 3. The lowest BCUT2D eigenvalue weighted by molar-refractivity contribution is -0.158. The number of nitrogens with zero attached hydrogens (tertiary/aromatic N) is 2. The van der Waals surface area contributed by atoms with Gasteiger partial charge >= 0.3 is 17.9 Å². The van der Waals surface area contributed by atoms with E-state index in [9.17, 15) is 43.5 Å². The summed E-state index contributed by atoms with van der Waals surface area (Å²) >= 11 is 0. The first-order chi connectivity index (χ1) is 34.5. The Morgan fingerprint density at radius 3 is 1.82 bits per heavy atom. The molecule has 0 fully saturated rings. The molecule has 0 saturated heterocycles. The predicted molar refractivity (Wildman–Crippen MR) is 271 cm³/mol. The summed E-state index contributed by atoms with van der Waals surface area (Å²) in [6.45, 7) is 11.3. The second-order valence-electron chi connectivity index (χ2n) is 19.7. The van der Waals surface area contributed by atoms with Crippen molar-refractivity contribution >= 4 is 41.5 Å². The lowest BCUT2D eigenvalue weighted by Gasteiger charge is -2.26. The molecule has 3 aromatic carbocycles. The number of carboxylic acid groups (broad SMARTS) is 1. The summed E-state index contributed by atoms with van der Waals surface area (Å²) in [4.78, 5) is 112. The summed E-state index contributed by atoms with van der Waals surface area (Å²) in [6, 6.07) is 22.6. The molecule has 6 N–H and O–H groups in total. The van der Waals surface area contributed by atoms with Crippen molar-refractivity contribution in [3.8, 4) is 22.8 Å². The maximum absolute atomic E-state index is 13.9. The van der Waals surface area contributed by atoms with Gasteiger partial charge in [-0.1, -0.05) is 85.6 Å². The summed E-state index contributed by atoms with van der Waals surface area (Å²) in [5, 5.41) is 19.0. The van der Waals surface area contributed by atoms with Gasteiger partial charge < -0.3 is 45.6 Å². The van der Waals surface area contributed by atoms with Crippen molar-refractivity contribution in [3.63, 3.8) is 0 Å². The van der Waals surface area contributed by atoms with E-state index in [2.05, 4.69) is 26.3 Å². The fraction of sp³-hybridized carbons (Fsp3) is 0.426. The molecule has 2 aliphatic heterocycles. The van der Waals surface area contributed by atoms with Crippen molar-refractivity contribution in [1.29, 1.82) is 0 Å². The highest BCUT2D eigenvalue weighted by atomic mass is 16.6. The number of aromatic nitrogens is 3. The molecule has 390 valence electrons. The minimum absolute atomic E-state index is 0.179. The third kappa shape index (κ3) is 18.7. The maximum Gasteiger partial charge on any atom is 0.308 e. The van der Waals surface area contributed by atoms with E-state index in [1.54, 1.807) is 52.3 Å². The highest BCUT2D eigenvalue weighted by Crippen LogP contribution is 2.25. The van der Waals surface area contributed by atoms with E-state index in [1.165, 1.54) is 0 Å². The first-order valence-electron chi connectivity index (χ1n) is 24.3. The molecule has 4 amide bonds. The first kappa shape index (κ1) is 56.1. The van der Waals surface area contributed by atoms with E-state index in [1.807, 2.05) is 84.9 Å². The summed E-state index contributed by atoms with van der Waals surface area (Å²) in [5.41, 5.74) is 2.83. The maximum atomic E-state index is 13.9. The van der Waals surface area contributed by atoms with Gasteiger partial charge in [0.15, 0.2) is 5.82 Å². The van der Waals surface area contributed by atoms with Gasteiger partial charge in [0.1, 0.15) is 40.8 Å². The topological polar surface area (TPSA) is 266 Å². The van der Waals surface area contributed by atoms with Crippen molar-refractivity contribution < 1.29 is 52.9 Å². The zero-order valence-corrected chi connectivity index (χ0v) is 42.5. The van der Waals surface area contributed by atoms with Crippen LogP contribution in [0.1, 0.15) is 116 Å². The van der Waals surface area contributed by atoms with Crippen LogP contribution in [0.3, 0.4) is 0 Å². The van der Waals surface area contributed by atoms with Gasteiger partial charge in [0.05, 0.1) is 37.3 Å². The van der Waals surface area contributed by atoms with E-state index >= 15 is 0 Å². The summed E-state index contributed by atoms with van der Waals surface area (Å²) in [7, 11) is 0. The number of carboxylic acids is 1. The Balaban J connectivity index is 1.16. The molecular formula is C54H67N7O12. The molecule has 0 aromatic heterocycles. The smallest absolute Gasteiger partial charge is 0.308 e. The van der Waals surface area contributed by atoms with E-state index < -0.39 is 90.1 Å². The lowest BCUT2D eigenvalue weighted by Crippen LogP contribution is -2.58. The molecule has 73 heavy (non-hydrogen) atoms. The summed E-state index contributed by atoms with van der Waals surface area (Å²) < 4.78 is 18.5. The molecule has 2 aliphatic rings. The predicted octanol–water partition coefficient (Wildman–Crippen LogP) is 5.32. The van der Waals surface area contributed by atoms with Crippen LogP contribution < -0.4 is 31.6 Å². The van der Waals surface area contributed by atoms with Crippen molar-refractivity contribution in [1.82, 2.24) is 35.8 Å². The molecule has 0 spiro atoms. The molecule has 19 nitrogen and oxygen atoms in total. The monoisotopic (exact) mass is 1010 g/mol. The van der Waals surface area contributed by atoms with E-state index in [0.29, 0.717) is 56.0 Å². The summed E-state index contributed by atoms with van der Waals surface area (Å²) in [5.74, 6) is -5.52. The number of rotatable bonds is 25. The van der Waals surface area contributed by atoms with Gasteiger partial charge in [0.2, 0.25) is 23.6 Å². The van der Waals surface area contributed by atoms with Gasteiger partial charge in [0.25, 0.3) is 5.56 Å². The van der Waals surface area contributed by atoms with Crippen LogP contribution in [0.4, 0.5) is 0 Å². The number of carbonyl (C=O) groups excluding carboxylic acids is 6. The Labute approximate surface area is 424 Å². The minimum Gasteiger partial charge on any atom is -0.494 e.